The summed E-state index contributed by atoms with van der Waals surface area (Å²) in [5.41, 5.74) is 0.934. The van der Waals surface area contributed by atoms with Crippen LogP contribution in [0.1, 0.15) is 24.8 Å². The summed E-state index contributed by atoms with van der Waals surface area (Å²) in [6, 6.07) is 16.3. The minimum atomic E-state index is -3.86. The van der Waals surface area contributed by atoms with Gasteiger partial charge < -0.3 is 5.11 Å². The number of thioether (sulfide) groups is 1. The van der Waals surface area contributed by atoms with Crippen molar-refractivity contribution < 1.29 is 18.3 Å². The minimum Gasteiger partial charge on any atom is -0.480 e. The second-order valence-electron chi connectivity index (χ2n) is 5.84. The van der Waals surface area contributed by atoms with Gasteiger partial charge in [-0.3, -0.25) is 4.79 Å². The highest BCUT2D eigenvalue weighted by atomic mass is 32.2. The van der Waals surface area contributed by atoms with Crippen molar-refractivity contribution in [2.45, 2.75) is 41.2 Å². The second kappa shape index (κ2) is 9.06. The molecule has 2 aromatic carbocycles. The topological polar surface area (TPSA) is 71.4 Å². The summed E-state index contributed by atoms with van der Waals surface area (Å²) in [5.74, 6) is -0.447. The van der Waals surface area contributed by atoms with E-state index in [0.717, 1.165) is 22.6 Å². The zero-order chi connectivity index (χ0) is 18.3. The zero-order valence-corrected chi connectivity index (χ0v) is 15.7. The fourth-order valence-corrected chi connectivity index (χ4v) is 4.96. The Hall–Kier alpha value is -1.79. The van der Waals surface area contributed by atoms with Gasteiger partial charge in [0.2, 0.25) is 0 Å². The first-order valence-electron chi connectivity index (χ1n) is 8.12. The van der Waals surface area contributed by atoms with Crippen LogP contribution in [-0.2, 0) is 14.6 Å². The third-order valence-corrected chi connectivity index (χ3v) is 7.09. The van der Waals surface area contributed by atoms with Gasteiger partial charge in [0.25, 0.3) is 0 Å². The number of rotatable bonds is 9. The maximum Gasteiger partial charge on any atom is 0.322 e. The standard InChI is InChI=1S/C19H22O4S2/c1-15-10-12-17(13-11-15)25(22,23)18(19(20)21)9-5-6-14-24-16-7-3-2-4-8-16/h2-4,7-8,10-13,18H,5-6,9,14H2,1H3,(H,20,21). The third-order valence-electron chi connectivity index (χ3n) is 3.87. The van der Waals surface area contributed by atoms with Crippen molar-refractivity contribution in [2.75, 3.05) is 5.75 Å². The van der Waals surface area contributed by atoms with E-state index >= 15 is 0 Å². The van der Waals surface area contributed by atoms with Gasteiger partial charge in [-0.2, -0.15) is 0 Å². The summed E-state index contributed by atoms with van der Waals surface area (Å²) in [6.07, 6.45) is 1.45. The first-order chi connectivity index (χ1) is 11.9. The van der Waals surface area contributed by atoms with Crippen LogP contribution in [0.3, 0.4) is 0 Å². The number of hydrogen-bond acceptors (Lipinski definition) is 4. The number of benzene rings is 2. The molecule has 1 N–H and O–H groups in total. The number of carbonyl (C=O) groups is 1. The molecular weight excluding hydrogens is 356 g/mol. The van der Waals surface area contributed by atoms with Crippen LogP contribution >= 0.6 is 11.8 Å². The van der Waals surface area contributed by atoms with Crippen LogP contribution in [0.2, 0.25) is 0 Å². The maximum atomic E-state index is 12.6. The average Bonchev–Trinajstić information content (AvgIpc) is 2.58. The largest absolute Gasteiger partial charge is 0.480 e. The fourth-order valence-electron chi connectivity index (χ4n) is 2.44. The predicted molar refractivity (Wildman–Crippen MR) is 101 cm³/mol. The highest BCUT2D eigenvalue weighted by Crippen LogP contribution is 2.23. The molecular formula is C19H22O4S2. The van der Waals surface area contributed by atoms with Crippen molar-refractivity contribution in [1.29, 1.82) is 0 Å². The molecule has 1 atom stereocenters. The highest BCUT2D eigenvalue weighted by molar-refractivity contribution is 7.99. The number of unbranched alkanes of at least 4 members (excludes halogenated alkanes) is 1. The molecule has 6 heteroatoms. The number of carboxylic acids is 1. The molecule has 0 aliphatic carbocycles. The summed E-state index contributed by atoms with van der Waals surface area (Å²) < 4.78 is 25.2. The molecule has 2 aromatic rings. The van der Waals surface area contributed by atoms with E-state index in [9.17, 15) is 18.3 Å². The van der Waals surface area contributed by atoms with E-state index in [2.05, 4.69) is 0 Å². The van der Waals surface area contributed by atoms with Gasteiger partial charge in [-0.05, 0) is 49.8 Å². The number of carboxylic acid groups (broad SMARTS) is 1. The van der Waals surface area contributed by atoms with Crippen LogP contribution in [0.25, 0.3) is 0 Å². The van der Waals surface area contributed by atoms with Crippen LogP contribution < -0.4 is 0 Å². The Labute approximate surface area is 153 Å². The lowest BCUT2D eigenvalue weighted by Crippen LogP contribution is -2.30. The Morgan fingerprint density at radius 3 is 2.28 bits per heavy atom. The summed E-state index contributed by atoms with van der Waals surface area (Å²) in [4.78, 5) is 12.7. The van der Waals surface area contributed by atoms with Crippen LogP contribution in [0.4, 0.5) is 0 Å². The van der Waals surface area contributed by atoms with E-state index < -0.39 is 21.1 Å². The smallest absolute Gasteiger partial charge is 0.322 e. The molecule has 0 spiro atoms. The first-order valence-corrected chi connectivity index (χ1v) is 10.7. The average molecular weight is 379 g/mol. The molecule has 0 bridgehead atoms. The van der Waals surface area contributed by atoms with Gasteiger partial charge >= 0.3 is 5.97 Å². The molecule has 25 heavy (non-hydrogen) atoms. The van der Waals surface area contributed by atoms with Gasteiger partial charge in [-0.1, -0.05) is 42.3 Å². The molecule has 2 rings (SSSR count). The first kappa shape index (κ1) is 19.5. The van der Waals surface area contributed by atoms with E-state index in [-0.39, 0.29) is 11.3 Å². The number of sulfone groups is 1. The molecule has 0 aliphatic heterocycles. The summed E-state index contributed by atoms with van der Waals surface area (Å²) in [5, 5.41) is 7.98. The lowest BCUT2D eigenvalue weighted by molar-refractivity contribution is -0.136. The van der Waals surface area contributed by atoms with Crippen molar-refractivity contribution in [3.63, 3.8) is 0 Å². The Bertz CT molecular complexity index is 784. The lowest BCUT2D eigenvalue weighted by atomic mass is 10.2. The Morgan fingerprint density at radius 2 is 1.68 bits per heavy atom. The predicted octanol–water partition coefficient (Wildman–Crippen LogP) is 4.18. The van der Waals surface area contributed by atoms with Crippen molar-refractivity contribution in [3.05, 3.63) is 60.2 Å². The fraction of sp³-hybridized carbons (Fsp3) is 0.316. The molecule has 0 fully saturated rings. The summed E-state index contributed by atoms with van der Waals surface area (Å²) in [6.45, 7) is 1.86. The van der Waals surface area contributed by atoms with Gasteiger partial charge in [0.05, 0.1) is 4.90 Å². The molecule has 0 aromatic heterocycles. The van der Waals surface area contributed by atoms with Crippen LogP contribution in [0.5, 0.6) is 0 Å². The quantitative estimate of drug-likeness (QED) is 0.523. The molecule has 0 aliphatic rings. The van der Waals surface area contributed by atoms with Crippen LogP contribution in [0, 0.1) is 6.92 Å². The van der Waals surface area contributed by atoms with Gasteiger partial charge in [0.15, 0.2) is 15.1 Å². The molecule has 0 amide bonds. The number of aryl methyl sites for hydroxylation is 1. The summed E-state index contributed by atoms with van der Waals surface area (Å²) >= 11 is 1.69. The van der Waals surface area contributed by atoms with Gasteiger partial charge in [-0.25, -0.2) is 8.42 Å². The number of hydrogen-bond donors (Lipinski definition) is 1. The van der Waals surface area contributed by atoms with Crippen molar-refractivity contribution in [3.8, 4) is 0 Å². The monoisotopic (exact) mass is 378 g/mol. The molecule has 134 valence electrons. The van der Waals surface area contributed by atoms with Crippen LogP contribution in [0.15, 0.2) is 64.4 Å². The normalized spacial score (nSPS) is 12.7. The number of aliphatic carboxylic acids is 1. The Balaban J connectivity index is 1.92. The summed E-state index contributed by atoms with van der Waals surface area (Å²) in [7, 11) is -3.86. The Kier molecular flexibility index (Phi) is 7.08. The van der Waals surface area contributed by atoms with E-state index in [1.54, 1.807) is 23.9 Å². The van der Waals surface area contributed by atoms with Crippen molar-refractivity contribution in [2.24, 2.45) is 0 Å². The molecule has 4 nitrogen and oxygen atoms in total. The molecule has 0 saturated heterocycles. The molecule has 0 heterocycles. The van der Waals surface area contributed by atoms with Gasteiger partial charge in [0, 0.05) is 4.90 Å². The van der Waals surface area contributed by atoms with Crippen molar-refractivity contribution >= 4 is 27.6 Å². The van der Waals surface area contributed by atoms with E-state index in [0.29, 0.717) is 6.42 Å². The van der Waals surface area contributed by atoms with Gasteiger partial charge in [0.1, 0.15) is 0 Å². The molecule has 1 unspecified atom stereocenters. The maximum absolute atomic E-state index is 12.6. The minimum absolute atomic E-state index is 0.0733. The highest BCUT2D eigenvalue weighted by Gasteiger charge is 2.33. The lowest BCUT2D eigenvalue weighted by Gasteiger charge is -2.14. The van der Waals surface area contributed by atoms with Crippen molar-refractivity contribution in [1.82, 2.24) is 0 Å². The van der Waals surface area contributed by atoms with E-state index in [4.69, 9.17) is 0 Å². The second-order valence-corrected chi connectivity index (χ2v) is 9.14. The molecule has 0 radical (unpaired) electrons. The third kappa shape index (κ3) is 5.61. The SMILES string of the molecule is Cc1ccc(S(=O)(=O)C(CCCCSc2ccccc2)C(=O)O)cc1. The van der Waals surface area contributed by atoms with E-state index in [1.807, 2.05) is 37.3 Å². The molecule has 0 saturated carbocycles. The zero-order valence-electron chi connectivity index (χ0n) is 14.1. The Morgan fingerprint density at radius 1 is 1.04 bits per heavy atom. The van der Waals surface area contributed by atoms with E-state index in [1.165, 1.54) is 12.1 Å². The van der Waals surface area contributed by atoms with Gasteiger partial charge in [-0.15, -0.1) is 11.8 Å². The van der Waals surface area contributed by atoms with Crippen LogP contribution in [-0.4, -0.2) is 30.5 Å².